The summed E-state index contributed by atoms with van der Waals surface area (Å²) in [6, 6.07) is 0. The Bertz CT molecular complexity index is 374. The van der Waals surface area contributed by atoms with Gasteiger partial charge in [0.1, 0.15) is 0 Å². The van der Waals surface area contributed by atoms with Gasteiger partial charge in [0.25, 0.3) is 0 Å². The first kappa shape index (κ1) is 27.9. The smallest absolute Gasteiger partial charge is 0.0843 e. The van der Waals surface area contributed by atoms with Crippen molar-refractivity contribution in [1.82, 2.24) is 0 Å². The molecule has 0 aliphatic carbocycles. The van der Waals surface area contributed by atoms with Crippen LogP contribution in [0.25, 0.3) is 0 Å². The van der Waals surface area contributed by atoms with Crippen molar-refractivity contribution in [1.29, 1.82) is 0 Å². The lowest BCUT2D eigenvalue weighted by Crippen LogP contribution is -2.64. The van der Waals surface area contributed by atoms with Gasteiger partial charge in [0.15, 0.2) is 0 Å². The highest BCUT2D eigenvalue weighted by Crippen LogP contribution is 2.39. The Balaban J connectivity index is 0. The number of nitrogens with two attached hydrogens (primary N) is 1. The van der Waals surface area contributed by atoms with E-state index in [-0.39, 0.29) is 48.4 Å². The van der Waals surface area contributed by atoms with Crippen LogP contribution in [0.5, 0.6) is 0 Å². The molecule has 0 bridgehead atoms. The minimum atomic E-state index is -0.960. The quantitative estimate of drug-likeness (QED) is 0.368. The molecular weight excluding hydrogens is 346 g/mol. The molecule has 2 fully saturated rings. The molecule has 0 aromatic rings. The first-order valence-electron chi connectivity index (χ1n) is 8.46. The average molecular weight is 385 g/mol. The van der Waals surface area contributed by atoms with Crippen LogP contribution < -0.4 is 5.73 Å². The lowest BCUT2D eigenvalue weighted by molar-refractivity contribution is -0.183. The molecule has 2 aliphatic heterocycles. The summed E-state index contributed by atoms with van der Waals surface area (Å²) in [6.45, 7) is 9.90. The molecule has 5 atom stereocenters. The average Bonchev–Trinajstić information content (AvgIpc) is 2.45. The van der Waals surface area contributed by atoms with E-state index >= 15 is 0 Å². The maximum atomic E-state index is 10.0. The standard InChI is InChI=1S/C9H18O3.C8H17NO3.2H2O/c1-8(2)6-12-7(5-10)4-9(8,3)11;1-7(9)5-12-6(4-10)3-8(7,2)11;;/h7,10-11H,4-6H2,1-3H3;6,10-11H,3-5,9H2,1-2H3;2*1H2. The van der Waals surface area contributed by atoms with Crippen LogP contribution in [0.2, 0.25) is 0 Å². The maximum absolute atomic E-state index is 10.0. The summed E-state index contributed by atoms with van der Waals surface area (Å²) in [5.41, 5.74) is 3.17. The van der Waals surface area contributed by atoms with E-state index in [9.17, 15) is 10.2 Å². The summed E-state index contributed by atoms with van der Waals surface area (Å²) in [6.07, 6.45) is 0.414. The van der Waals surface area contributed by atoms with Crippen LogP contribution >= 0.6 is 0 Å². The second-order valence-corrected chi connectivity index (χ2v) is 8.49. The Morgan fingerprint density at radius 3 is 1.54 bits per heavy atom. The van der Waals surface area contributed by atoms with Crippen molar-refractivity contribution in [2.24, 2.45) is 11.1 Å². The molecule has 2 aliphatic rings. The molecule has 26 heavy (non-hydrogen) atoms. The zero-order chi connectivity index (χ0) is 18.8. The Morgan fingerprint density at radius 1 is 0.808 bits per heavy atom. The molecule has 0 spiro atoms. The largest absolute Gasteiger partial charge is 0.412 e. The van der Waals surface area contributed by atoms with Crippen LogP contribution in [-0.4, -0.2) is 86.8 Å². The molecule has 0 radical (unpaired) electrons. The summed E-state index contributed by atoms with van der Waals surface area (Å²) < 4.78 is 10.6. The van der Waals surface area contributed by atoms with Gasteiger partial charge in [0.2, 0.25) is 0 Å². The first-order valence-corrected chi connectivity index (χ1v) is 8.46. The second-order valence-electron chi connectivity index (χ2n) is 8.49. The lowest BCUT2D eigenvalue weighted by Gasteiger charge is -2.46. The van der Waals surface area contributed by atoms with Crippen LogP contribution in [0.3, 0.4) is 0 Å². The monoisotopic (exact) mass is 385 g/mol. The normalized spacial score (nSPS) is 41.8. The van der Waals surface area contributed by atoms with Crippen molar-refractivity contribution in [2.75, 3.05) is 26.4 Å². The Hall–Kier alpha value is -0.360. The molecular formula is C17H39NO8. The molecule has 0 aromatic carbocycles. The maximum Gasteiger partial charge on any atom is 0.0843 e. The predicted octanol–water partition coefficient (Wildman–Crippen LogP) is -1.87. The van der Waals surface area contributed by atoms with E-state index in [1.807, 2.05) is 13.8 Å². The van der Waals surface area contributed by atoms with Gasteiger partial charge in [-0.3, -0.25) is 0 Å². The minimum Gasteiger partial charge on any atom is -0.412 e. The molecule has 160 valence electrons. The fraction of sp³-hybridized carbons (Fsp3) is 1.00. The number of hydrogen-bond donors (Lipinski definition) is 5. The summed E-state index contributed by atoms with van der Waals surface area (Å²) >= 11 is 0. The van der Waals surface area contributed by atoms with Gasteiger partial charge in [0, 0.05) is 18.3 Å². The minimum absolute atomic E-state index is 0. The van der Waals surface area contributed by atoms with E-state index in [0.717, 1.165) is 0 Å². The van der Waals surface area contributed by atoms with E-state index in [2.05, 4.69) is 0 Å². The van der Waals surface area contributed by atoms with Crippen molar-refractivity contribution in [3.63, 3.8) is 0 Å². The van der Waals surface area contributed by atoms with E-state index in [0.29, 0.717) is 19.4 Å². The second kappa shape index (κ2) is 9.72. The topological polar surface area (TPSA) is 188 Å². The van der Waals surface area contributed by atoms with Crippen LogP contribution in [0, 0.1) is 5.41 Å². The summed E-state index contributed by atoms with van der Waals surface area (Å²) in [4.78, 5) is 0. The Morgan fingerprint density at radius 2 is 1.19 bits per heavy atom. The molecule has 2 saturated heterocycles. The number of ether oxygens (including phenoxy) is 2. The van der Waals surface area contributed by atoms with Crippen LogP contribution in [-0.2, 0) is 9.47 Å². The molecule has 9 nitrogen and oxygen atoms in total. The summed E-state index contributed by atoms with van der Waals surface area (Å²) in [7, 11) is 0. The molecule has 0 amide bonds. The molecule has 2 rings (SSSR count). The van der Waals surface area contributed by atoms with Gasteiger partial charge in [-0.15, -0.1) is 0 Å². The highest BCUT2D eigenvalue weighted by atomic mass is 16.5. The van der Waals surface area contributed by atoms with Crippen LogP contribution in [0.15, 0.2) is 0 Å². The molecule has 5 unspecified atom stereocenters. The predicted molar refractivity (Wildman–Crippen MR) is 97.7 cm³/mol. The zero-order valence-electron chi connectivity index (χ0n) is 16.6. The number of aliphatic hydroxyl groups excluding tert-OH is 2. The van der Waals surface area contributed by atoms with Gasteiger partial charge < -0.3 is 46.6 Å². The Kier molecular flexibility index (Phi) is 10.4. The molecule has 0 saturated carbocycles. The van der Waals surface area contributed by atoms with Gasteiger partial charge in [0.05, 0.1) is 55.4 Å². The van der Waals surface area contributed by atoms with Crippen molar-refractivity contribution in [3.05, 3.63) is 0 Å². The number of hydrogen-bond acceptors (Lipinski definition) is 7. The fourth-order valence-electron chi connectivity index (χ4n) is 2.68. The summed E-state index contributed by atoms with van der Waals surface area (Å²) in [5, 5.41) is 37.6. The Labute approximate surface area is 155 Å². The number of aliphatic hydroxyl groups is 4. The fourth-order valence-corrected chi connectivity index (χ4v) is 2.68. The van der Waals surface area contributed by atoms with Crippen LogP contribution in [0.4, 0.5) is 0 Å². The van der Waals surface area contributed by atoms with Gasteiger partial charge in [-0.25, -0.2) is 0 Å². The summed E-state index contributed by atoms with van der Waals surface area (Å²) in [5.74, 6) is 0. The first-order chi connectivity index (χ1) is 10.8. The van der Waals surface area contributed by atoms with Gasteiger partial charge >= 0.3 is 0 Å². The van der Waals surface area contributed by atoms with Gasteiger partial charge in [-0.05, 0) is 20.8 Å². The number of rotatable bonds is 2. The third-order valence-electron chi connectivity index (χ3n) is 5.64. The van der Waals surface area contributed by atoms with Crippen molar-refractivity contribution in [2.45, 2.75) is 76.4 Å². The van der Waals surface area contributed by atoms with Crippen molar-refractivity contribution in [3.8, 4) is 0 Å². The van der Waals surface area contributed by atoms with E-state index in [1.54, 1.807) is 20.8 Å². The van der Waals surface area contributed by atoms with Gasteiger partial charge in [-0.1, -0.05) is 13.8 Å². The molecule has 2 heterocycles. The molecule has 10 N–H and O–H groups in total. The van der Waals surface area contributed by atoms with E-state index in [1.165, 1.54) is 0 Å². The van der Waals surface area contributed by atoms with E-state index in [4.69, 9.17) is 25.4 Å². The lowest BCUT2D eigenvalue weighted by atomic mass is 9.72. The molecule has 0 aromatic heterocycles. The third-order valence-corrected chi connectivity index (χ3v) is 5.64. The van der Waals surface area contributed by atoms with E-state index < -0.39 is 16.7 Å². The highest BCUT2D eigenvalue weighted by Gasteiger charge is 2.46. The van der Waals surface area contributed by atoms with Gasteiger partial charge in [-0.2, -0.15) is 0 Å². The highest BCUT2D eigenvalue weighted by molar-refractivity contribution is 5.02. The SMILES string of the molecule is CC1(C)COC(CO)CC1(C)O.CC1(N)COC(CO)CC1(C)O.O.O. The van der Waals surface area contributed by atoms with Crippen LogP contribution in [0.1, 0.15) is 47.5 Å². The van der Waals surface area contributed by atoms with Crippen molar-refractivity contribution < 1.29 is 40.9 Å². The third kappa shape index (κ3) is 6.36. The molecule has 9 heteroatoms. The zero-order valence-corrected chi connectivity index (χ0v) is 16.6. The van der Waals surface area contributed by atoms with Crippen molar-refractivity contribution >= 4 is 0 Å².